The summed E-state index contributed by atoms with van der Waals surface area (Å²) in [5.74, 6) is 0.642. The van der Waals surface area contributed by atoms with Gasteiger partial charge < -0.3 is 15.2 Å². The monoisotopic (exact) mass is 286 g/mol. The molecule has 2 N–H and O–H groups in total. The van der Waals surface area contributed by atoms with Gasteiger partial charge in [-0.15, -0.1) is 0 Å². The van der Waals surface area contributed by atoms with Crippen molar-refractivity contribution in [3.05, 3.63) is 51.7 Å². The maximum atomic E-state index is 12.1. The van der Waals surface area contributed by atoms with Crippen molar-refractivity contribution in [3.8, 4) is 0 Å². The fraction of sp³-hybridized carbons (Fsp3) is 0.375. The standard InChI is InChI=1S/C16H22N4O/c1-10-15(16(21)19-12(3)17-10)11(2)18-13-7-6-8-14(9-13)20(4)5/h6-9,11,18H,1-5H3,(H,17,19,21). The van der Waals surface area contributed by atoms with Gasteiger partial charge in [0.2, 0.25) is 0 Å². The summed E-state index contributed by atoms with van der Waals surface area (Å²) in [6, 6.07) is 7.98. The minimum atomic E-state index is -0.112. The third kappa shape index (κ3) is 3.42. The van der Waals surface area contributed by atoms with Crippen molar-refractivity contribution in [2.24, 2.45) is 0 Å². The molecule has 0 bridgehead atoms. The number of aromatic nitrogens is 2. The zero-order chi connectivity index (χ0) is 15.6. The number of hydrogen-bond donors (Lipinski definition) is 2. The van der Waals surface area contributed by atoms with E-state index in [0.717, 1.165) is 17.1 Å². The van der Waals surface area contributed by atoms with Crippen molar-refractivity contribution in [1.82, 2.24) is 9.97 Å². The first-order chi connectivity index (χ1) is 9.88. The van der Waals surface area contributed by atoms with Crippen LogP contribution in [-0.2, 0) is 0 Å². The van der Waals surface area contributed by atoms with Gasteiger partial charge in [0.05, 0.1) is 17.3 Å². The lowest BCUT2D eigenvalue weighted by Gasteiger charge is -2.19. The second-order valence-corrected chi connectivity index (χ2v) is 5.46. The Hall–Kier alpha value is -2.30. The Bertz CT molecular complexity index is 691. The molecule has 0 aliphatic carbocycles. The molecule has 1 aromatic carbocycles. The maximum Gasteiger partial charge on any atom is 0.256 e. The van der Waals surface area contributed by atoms with E-state index in [1.54, 1.807) is 6.92 Å². The van der Waals surface area contributed by atoms with Crippen LogP contribution >= 0.6 is 0 Å². The van der Waals surface area contributed by atoms with Crippen LogP contribution in [0.3, 0.4) is 0 Å². The molecule has 0 aliphatic rings. The first-order valence-electron chi connectivity index (χ1n) is 7.00. The average Bonchev–Trinajstić information content (AvgIpc) is 2.37. The van der Waals surface area contributed by atoms with Crippen molar-refractivity contribution in [1.29, 1.82) is 0 Å². The molecule has 21 heavy (non-hydrogen) atoms. The topological polar surface area (TPSA) is 61.0 Å². The molecule has 1 atom stereocenters. The largest absolute Gasteiger partial charge is 0.378 e. The van der Waals surface area contributed by atoms with Crippen molar-refractivity contribution >= 4 is 11.4 Å². The van der Waals surface area contributed by atoms with Crippen LogP contribution in [0.5, 0.6) is 0 Å². The quantitative estimate of drug-likeness (QED) is 0.907. The number of nitrogens with zero attached hydrogens (tertiary/aromatic N) is 2. The van der Waals surface area contributed by atoms with Gasteiger partial charge in [0, 0.05) is 25.5 Å². The zero-order valence-electron chi connectivity index (χ0n) is 13.2. The molecule has 2 aromatic rings. The van der Waals surface area contributed by atoms with Crippen molar-refractivity contribution in [3.63, 3.8) is 0 Å². The Balaban J connectivity index is 2.28. The number of H-pyrrole nitrogens is 1. The van der Waals surface area contributed by atoms with Crippen molar-refractivity contribution < 1.29 is 0 Å². The summed E-state index contributed by atoms with van der Waals surface area (Å²) >= 11 is 0. The molecule has 1 unspecified atom stereocenters. The number of anilines is 2. The minimum absolute atomic E-state index is 0.0798. The molecule has 0 aliphatic heterocycles. The number of nitrogens with one attached hydrogen (secondary N) is 2. The molecule has 0 saturated heterocycles. The molecule has 5 nitrogen and oxygen atoms in total. The number of aryl methyl sites for hydroxylation is 2. The molecule has 0 fully saturated rings. The molecule has 2 rings (SSSR count). The second kappa shape index (κ2) is 5.99. The molecule has 5 heteroatoms. The number of rotatable bonds is 4. The van der Waals surface area contributed by atoms with E-state index in [-0.39, 0.29) is 11.6 Å². The molecule has 0 saturated carbocycles. The summed E-state index contributed by atoms with van der Waals surface area (Å²) in [5, 5.41) is 3.37. The predicted molar refractivity (Wildman–Crippen MR) is 87.1 cm³/mol. The molecule has 112 valence electrons. The Labute approximate surface area is 125 Å². The van der Waals surface area contributed by atoms with Crippen LogP contribution in [-0.4, -0.2) is 24.1 Å². The lowest BCUT2D eigenvalue weighted by Crippen LogP contribution is -2.23. The minimum Gasteiger partial charge on any atom is -0.378 e. The van der Waals surface area contributed by atoms with E-state index >= 15 is 0 Å². The van der Waals surface area contributed by atoms with Crippen LogP contribution in [0, 0.1) is 13.8 Å². The van der Waals surface area contributed by atoms with E-state index in [1.165, 1.54) is 0 Å². The zero-order valence-corrected chi connectivity index (χ0v) is 13.2. The van der Waals surface area contributed by atoms with E-state index in [1.807, 2.05) is 51.0 Å². The van der Waals surface area contributed by atoms with Crippen LogP contribution < -0.4 is 15.8 Å². The molecule has 0 spiro atoms. The number of hydrogen-bond acceptors (Lipinski definition) is 4. The molecular weight excluding hydrogens is 264 g/mol. The number of benzene rings is 1. The molecule has 0 amide bonds. The highest BCUT2D eigenvalue weighted by Gasteiger charge is 2.14. The van der Waals surface area contributed by atoms with E-state index in [9.17, 15) is 4.79 Å². The summed E-state index contributed by atoms with van der Waals surface area (Å²) in [6.45, 7) is 5.62. The molecule has 0 radical (unpaired) electrons. The predicted octanol–water partition coefficient (Wildman–Crippen LogP) is 2.63. The summed E-state index contributed by atoms with van der Waals surface area (Å²) in [5.41, 5.74) is 3.45. The van der Waals surface area contributed by atoms with Crippen LogP contribution in [0.1, 0.15) is 30.0 Å². The van der Waals surface area contributed by atoms with Gasteiger partial charge in [-0.05, 0) is 39.0 Å². The van der Waals surface area contributed by atoms with Gasteiger partial charge in [0.25, 0.3) is 5.56 Å². The van der Waals surface area contributed by atoms with Gasteiger partial charge in [-0.3, -0.25) is 4.79 Å². The number of aromatic amines is 1. The van der Waals surface area contributed by atoms with Crippen molar-refractivity contribution in [2.75, 3.05) is 24.3 Å². The van der Waals surface area contributed by atoms with Crippen LogP contribution in [0.2, 0.25) is 0 Å². The van der Waals surface area contributed by atoms with E-state index in [4.69, 9.17) is 0 Å². The molecular formula is C16H22N4O. The fourth-order valence-corrected chi connectivity index (χ4v) is 2.44. The van der Waals surface area contributed by atoms with E-state index < -0.39 is 0 Å². The Morgan fingerprint density at radius 1 is 1.29 bits per heavy atom. The summed E-state index contributed by atoms with van der Waals surface area (Å²) in [7, 11) is 4.00. The normalized spacial score (nSPS) is 12.0. The highest BCUT2D eigenvalue weighted by molar-refractivity contribution is 5.58. The third-order valence-electron chi connectivity index (χ3n) is 3.44. The summed E-state index contributed by atoms with van der Waals surface area (Å²) < 4.78 is 0. The SMILES string of the molecule is Cc1nc(C)c(C(C)Nc2cccc(N(C)C)c2)c(=O)[nH]1. The van der Waals surface area contributed by atoms with Gasteiger partial charge in [-0.25, -0.2) is 4.98 Å². The smallest absolute Gasteiger partial charge is 0.256 e. The highest BCUT2D eigenvalue weighted by atomic mass is 16.1. The summed E-state index contributed by atoms with van der Waals surface area (Å²) in [4.78, 5) is 21.3. The van der Waals surface area contributed by atoms with Crippen LogP contribution in [0.4, 0.5) is 11.4 Å². The van der Waals surface area contributed by atoms with Gasteiger partial charge in [-0.1, -0.05) is 6.07 Å². The first-order valence-corrected chi connectivity index (χ1v) is 7.00. The Kier molecular flexibility index (Phi) is 4.31. The summed E-state index contributed by atoms with van der Waals surface area (Å²) in [6.07, 6.45) is 0. The van der Waals surface area contributed by atoms with Gasteiger partial charge in [0.1, 0.15) is 5.82 Å². The van der Waals surface area contributed by atoms with E-state index in [0.29, 0.717) is 11.4 Å². The van der Waals surface area contributed by atoms with Crippen LogP contribution in [0.15, 0.2) is 29.1 Å². The average molecular weight is 286 g/mol. The van der Waals surface area contributed by atoms with Gasteiger partial charge in [-0.2, -0.15) is 0 Å². The lowest BCUT2D eigenvalue weighted by molar-refractivity contribution is 0.814. The lowest BCUT2D eigenvalue weighted by atomic mass is 10.1. The van der Waals surface area contributed by atoms with Crippen LogP contribution in [0.25, 0.3) is 0 Å². The fourth-order valence-electron chi connectivity index (χ4n) is 2.44. The molecule has 1 aromatic heterocycles. The third-order valence-corrected chi connectivity index (χ3v) is 3.44. The first kappa shape index (κ1) is 15.1. The maximum absolute atomic E-state index is 12.1. The Morgan fingerprint density at radius 3 is 2.62 bits per heavy atom. The van der Waals surface area contributed by atoms with Crippen molar-refractivity contribution in [2.45, 2.75) is 26.8 Å². The second-order valence-electron chi connectivity index (χ2n) is 5.46. The van der Waals surface area contributed by atoms with E-state index in [2.05, 4.69) is 21.4 Å². The van der Waals surface area contributed by atoms with Gasteiger partial charge >= 0.3 is 0 Å². The Morgan fingerprint density at radius 2 is 2.00 bits per heavy atom. The van der Waals surface area contributed by atoms with Gasteiger partial charge in [0.15, 0.2) is 0 Å². The molecule has 1 heterocycles. The highest BCUT2D eigenvalue weighted by Crippen LogP contribution is 2.22.